The fraction of sp³-hybridized carbons (Fsp3) is 0.824. The van der Waals surface area contributed by atoms with E-state index in [0.29, 0.717) is 6.04 Å². The Morgan fingerprint density at radius 3 is 2.76 bits per heavy atom. The second-order valence-corrected chi connectivity index (χ2v) is 6.21. The first kappa shape index (κ1) is 16.3. The molecule has 1 aliphatic carbocycles. The van der Waals surface area contributed by atoms with Crippen LogP contribution in [0.15, 0.2) is 16.6 Å². The molecule has 1 saturated carbocycles. The molecule has 1 heterocycles. The largest absolute Gasteiger partial charge is 0.377 e. The average molecular weight is 293 g/mol. The highest BCUT2D eigenvalue weighted by Gasteiger charge is 2.20. The first-order chi connectivity index (χ1) is 10.3. The number of guanidine groups is 1. The van der Waals surface area contributed by atoms with Gasteiger partial charge in [0.15, 0.2) is 5.96 Å². The van der Waals surface area contributed by atoms with E-state index in [-0.39, 0.29) is 0 Å². The van der Waals surface area contributed by atoms with Crippen LogP contribution in [0.5, 0.6) is 0 Å². The number of hydrogen-bond donors (Lipinski definition) is 2. The van der Waals surface area contributed by atoms with Gasteiger partial charge in [-0.15, -0.1) is 0 Å². The fourth-order valence-corrected chi connectivity index (χ4v) is 3.24. The topological polar surface area (TPSA) is 45.7 Å². The number of rotatable bonds is 5. The zero-order chi connectivity index (χ0) is 14.9. The van der Waals surface area contributed by atoms with Crippen molar-refractivity contribution in [2.45, 2.75) is 57.9 Å². The van der Waals surface area contributed by atoms with Crippen LogP contribution in [0.2, 0.25) is 0 Å². The number of aliphatic imine (C=N–C) groups is 1. The van der Waals surface area contributed by atoms with Crippen molar-refractivity contribution in [1.29, 1.82) is 0 Å². The average Bonchev–Trinajstić information content (AvgIpc) is 2.55. The number of hydrogen-bond acceptors (Lipinski definition) is 2. The lowest BCUT2D eigenvalue weighted by atomic mass is 9.84. The van der Waals surface area contributed by atoms with Crippen LogP contribution >= 0.6 is 0 Å². The minimum Gasteiger partial charge on any atom is -0.377 e. The molecule has 0 aromatic carbocycles. The molecule has 0 radical (unpaired) electrons. The molecule has 120 valence electrons. The molecule has 0 amide bonds. The third-order valence-corrected chi connectivity index (χ3v) is 4.78. The molecule has 0 spiro atoms. The van der Waals surface area contributed by atoms with Crippen molar-refractivity contribution in [3.63, 3.8) is 0 Å². The van der Waals surface area contributed by atoms with Crippen molar-refractivity contribution in [2.75, 3.05) is 26.8 Å². The first-order valence-corrected chi connectivity index (χ1v) is 8.54. The van der Waals surface area contributed by atoms with Gasteiger partial charge in [0, 0.05) is 19.6 Å². The van der Waals surface area contributed by atoms with E-state index in [1.165, 1.54) is 37.7 Å². The molecule has 4 heteroatoms. The Labute approximate surface area is 129 Å². The molecule has 21 heavy (non-hydrogen) atoms. The lowest BCUT2D eigenvalue weighted by Gasteiger charge is -2.29. The molecule has 0 unspecified atom stereocenters. The summed E-state index contributed by atoms with van der Waals surface area (Å²) in [5.41, 5.74) is 1.51. The Kier molecular flexibility index (Phi) is 7.07. The second-order valence-electron chi connectivity index (χ2n) is 6.21. The molecule has 0 saturated heterocycles. The summed E-state index contributed by atoms with van der Waals surface area (Å²) in [6.45, 7) is 4.92. The van der Waals surface area contributed by atoms with Gasteiger partial charge in [0.05, 0.1) is 13.2 Å². The van der Waals surface area contributed by atoms with E-state index in [9.17, 15) is 0 Å². The van der Waals surface area contributed by atoms with Crippen molar-refractivity contribution in [1.82, 2.24) is 10.6 Å². The molecule has 1 aliphatic heterocycles. The standard InChI is InChI=1S/C17H31N3O/c1-3-14-4-6-16(7-5-14)20-17(18-2)19-11-8-15-9-12-21-13-10-15/h9,14,16H,3-8,10-13H2,1-2H3,(H2,18,19,20). The van der Waals surface area contributed by atoms with Crippen LogP contribution in [0.4, 0.5) is 0 Å². The molecular formula is C17H31N3O. The molecule has 0 atom stereocenters. The second kappa shape index (κ2) is 9.08. The van der Waals surface area contributed by atoms with Gasteiger partial charge in [-0.25, -0.2) is 0 Å². The highest BCUT2D eigenvalue weighted by molar-refractivity contribution is 5.79. The maximum Gasteiger partial charge on any atom is 0.191 e. The van der Waals surface area contributed by atoms with Gasteiger partial charge in [-0.2, -0.15) is 0 Å². The highest BCUT2D eigenvalue weighted by atomic mass is 16.5. The summed E-state index contributed by atoms with van der Waals surface area (Å²) in [6, 6.07) is 0.598. The fourth-order valence-electron chi connectivity index (χ4n) is 3.24. The van der Waals surface area contributed by atoms with Gasteiger partial charge in [0.25, 0.3) is 0 Å². The van der Waals surface area contributed by atoms with Crippen molar-refractivity contribution in [2.24, 2.45) is 10.9 Å². The SMILES string of the molecule is CCC1CCC(NC(=NC)NCCC2=CCOCC2)CC1. The first-order valence-electron chi connectivity index (χ1n) is 8.54. The Hall–Kier alpha value is -1.03. The summed E-state index contributed by atoms with van der Waals surface area (Å²) < 4.78 is 5.33. The van der Waals surface area contributed by atoms with E-state index in [2.05, 4.69) is 28.6 Å². The summed E-state index contributed by atoms with van der Waals surface area (Å²) in [4.78, 5) is 4.35. The number of nitrogens with one attached hydrogen (secondary N) is 2. The van der Waals surface area contributed by atoms with Crippen molar-refractivity contribution in [3.05, 3.63) is 11.6 Å². The maximum absolute atomic E-state index is 5.33. The van der Waals surface area contributed by atoms with Gasteiger partial charge in [-0.05, 0) is 44.4 Å². The van der Waals surface area contributed by atoms with Crippen molar-refractivity contribution < 1.29 is 4.74 Å². The van der Waals surface area contributed by atoms with Crippen LogP contribution in [-0.4, -0.2) is 38.8 Å². The van der Waals surface area contributed by atoms with Gasteiger partial charge >= 0.3 is 0 Å². The molecule has 2 aliphatic rings. The smallest absolute Gasteiger partial charge is 0.191 e. The Bertz CT molecular complexity index is 357. The summed E-state index contributed by atoms with van der Waals surface area (Å²) in [7, 11) is 1.86. The number of nitrogens with zero attached hydrogens (tertiary/aromatic N) is 1. The van der Waals surface area contributed by atoms with Crippen LogP contribution in [-0.2, 0) is 4.74 Å². The predicted molar refractivity (Wildman–Crippen MR) is 88.7 cm³/mol. The quantitative estimate of drug-likeness (QED) is 0.465. The van der Waals surface area contributed by atoms with Crippen LogP contribution < -0.4 is 10.6 Å². The van der Waals surface area contributed by atoms with E-state index in [1.807, 2.05) is 7.05 Å². The molecule has 1 fully saturated rings. The molecular weight excluding hydrogens is 262 g/mol. The van der Waals surface area contributed by atoms with Gasteiger partial charge in [-0.1, -0.05) is 25.0 Å². The Morgan fingerprint density at radius 1 is 1.33 bits per heavy atom. The van der Waals surface area contributed by atoms with Crippen LogP contribution in [0.3, 0.4) is 0 Å². The maximum atomic E-state index is 5.33. The molecule has 4 nitrogen and oxygen atoms in total. The normalized spacial score (nSPS) is 27.1. The minimum absolute atomic E-state index is 0.598. The minimum atomic E-state index is 0.598. The van der Waals surface area contributed by atoms with E-state index < -0.39 is 0 Å². The predicted octanol–water partition coefficient (Wildman–Crippen LogP) is 2.86. The Balaban J connectivity index is 1.65. The molecule has 0 aromatic rings. The van der Waals surface area contributed by atoms with Crippen molar-refractivity contribution in [3.8, 4) is 0 Å². The Morgan fingerprint density at radius 2 is 2.14 bits per heavy atom. The van der Waals surface area contributed by atoms with E-state index >= 15 is 0 Å². The lowest BCUT2D eigenvalue weighted by Crippen LogP contribution is -2.45. The van der Waals surface area contributed by atoms with Gasteiger partial charge < -0.3 is 15.4 Å². The summed E-state index contributed by atoms with van der Waals surface area (Å²) in [6.07, 6.45) is 11.0. The van der Waals surface area contributed by atoms with Gasteiger partial charge in [-0.3, -0.25) is 4.99 Å². The summed E-state index contributed by atoms with van der Waals surface area (Å²) in [5, 5.41) is 7.03. The monoisotopic (exact) mass is 293 g/mol. The zero-order valence-corrected chi connectivity index (χ0v) is 13.7. The third kappa shape index (κ3) is 5.70. The summed E-state index contributed by atoms with van der Waals surface area (Å²) in [5.74, 6) is 1.90. The van der Waals surface area contributed by atoms with E-state index in [0.717, 1.165) is 44.5 Å². The molecule has 2 rings (SSSR count). The third-order valence-electron chi connectivity index (χ3n) is 4.78. The van der Waals surface area contributed by atoms with Crippen LogP contribution in [0.1, 0.15) is 51.9 Å². The molecule has 2 N–H and O–H groups in total. The highest BCUT2D eigenvalue weighted by Crippen LogP contribution is 2.26. The zero-order valence-electron chi connectivity index (χ0n) is 13.7. The van der Waals surface area contributed by atoms with Crippen LogP contribution in [0.25, 0.3) is 0 Å². The van der Waals surface area contributed by atoms with Gasteiger partial charge in [0.2, 0.25) is 0 Å². The van der Waals surface area contributed by atoms with Crippen LogP contribution in [0, 0.1) is 5.92 Å². The van der Waals surface area contributed by atoms with Gasteiger partial charge in [0.1, 0.15) is 0 Å². The molecule has 0 bridgehead atoms. The van der Waals surface area contributed by atoms with Crippen molar-refractivity contribution >= 4 is 5.96 Å². The van der Waals surface area contributed by atoms with E-state index in [1.54, 1.807) is 0 Å². The number of ether oxygens (including phenoxy) is 1. The molecule has 0 aromatic heterocycles. The summed E-state index contributed by atoms with van der Waals surface area (Å²) >= 11 is 0. The lowest BCUT2D eigenvalue weighted by molar-refractivity contribution is 0.153. The van der Waals surface area contributed by atoms with E-state index in [4.69, 9.17) is 4.74 Å².